The second kappa shape index (κ2) is 7.45. The van der Waals surface area contributed by atoms with E-state index in [1.165, 1.54) is 0 Å². The van der Waals surface area contributed by atoms with Gasteiger partial charge in [0, 0.05) is 20.4 Å². The van der Waals surface area contributed by atoms with Gasteiger partial charge in [-0.3, -0.25) is 4.79 Å². The average Bonchev–Trinajstić information content (AvgIpc) is 2.62. The molecule has 0 fully saturated rings. The van der Waals surface area contributed by atoms with Crippen molar-refractivity contribution in [2.45, 2.75) is 12.8 Å². The Morgan fingerprint density at radius 1 is 0.833 bits per heavy atom. The number of hydrogen-bond acceptors (Lipinski definition) is 1. The van der Waals surface area contributed by atoms with Crippen molar-refractivity contribution in [3.8, 4) is 11.1 Å². The predicted octanol–water partition coefficient (Wildman–Crippen LogP) is 6.87. The number of carbonyl (C=O) groups excluding carboxylic acids is 1. The fraction of sp³-hybridized carbons (Fsp3) is 0.0952. The molecule has 0 radical (unpaired) electrons. The van der Waals surface area contributed by atoms with E-state index in [4.69, 9.17) is 0 Å². The molecule has 0 aromatic heterocycles. The van der Waals surface area contributed by atoms with Crippen molar-refractivity contribution < 1.29 is 4.79 Å². The van der Waals surface area contributed by atoms with Crippen molar-refractivity contribution in [1.82, 2.24) is 0 Å². The SMILES string of the molecule is C[C@@H](C(=O)c1ccccc1)c1cc(Br)ccc1-c1ccc(Br)cc1. The third kappa shape index (κ3) is 3.68. The molecule has 3 aromatic rings. The van der Waals surface area contributed by atoms with Gasteiger partial charge in [0.1, 0.15) is 0 Å². The first-order valence-electron chi connectivity index (χ1n) is 7.71. The van der Waals surface area contributed by atoms with E-state index in [1.54, 1.807) is 0 Å². The maximum atomic E-state index is 12.9. The zero-order chi connectivity index (χ0) is 17.1. The highest BCUT2D eigenvalue weighted by Crippen LogP contribution is 2.34. The summed E-state index contributed by atoms with van der Waals surface area (Å²) in [6.07, 6.45) is 0. The number of carbonyl (C=O) groups is 1. The standard InChI is InChI=1S/C21H16Br2O/c1-14(21(24)16-5-3-2-4-6-16)20-13-18(23)11-12-19(20)15-7-9-17(22)10-8-15/h2-14H,1H3/t14-/m1/s1. The number of benzene rings is 3. The van der Waals surface area contributed by atoms with Crippen LogP contribution in [0.4, 0.5) is 0 Å². The van der Waals surface area contributed by atoms with Crippen molar-refractivity contribution >= 4 is 37.6 Å². The Labute approximate surface area is 159 Å². The third-order valence-electron chi connectivity index (χ3n) is 4.09. The summed E-state index contributed by atoms with van der Waals surface area (Å²) in [4.78, 5) is 12.9. The Hall–Kier alpha value is -1.71. The van der Waals surface area contributed by atoms with Gasteiger partial charge in [-0.1, -0.05) is 87.3 Å². The molecule has 0 aliphatic rings. The second-order valence-electron chi connectivity index (χ2n) is 5.69. The summed E-state index contributed by atoms with van der Waals surface area (Å²) in [5, 5.41) is 0. The highest BCUT2D eigenvalue weighted by atomic mass is 79.9. The highest BCUT2D eigenvalue weighted by molar-refractivity contribution is 9.10. The maximum Gasteiger partial charge on any atom is 0.170 e. The first-order valence-corrected chi connectivity index (χ1v) is 9.29. The molecule has 0 saturated heterocycles. The molecular weight excluding hydrogens is 428 g/mol. The van der Waals surface area contributed by atoms with Gasteiger partial charge >= 0.3 is 0 Å². The molecule has 3 aromatic carbocycles. The van der Waals surface area contributed by atoms with Crippen LogP contribution < -0.4 is 0 Å². The Balaban J connectivity index is 2.05. The minimum Gasteiger partial charge on any atom is -0.294 e. The lowest BCUT2D eigenvalue weighted by molar-refractivity contribution is 0.0966. The highest BCUT2D eigenvalue weighted by Gasteiger charge is 2.20. The smallest absolute Gasteiger partial charge is 0.170 e. The lowest BCUT2D eigenvalue weighted by atomic mass is 9.87. The van der Waals surface area contributed by atoms with Crippen molar-refractivity contribution in [2.24, 2.45) is 0 Å². The van der Waals surface area contributed by atoms with E-state index in [2.05, 4.69) is 50.1 Å². The van der Waals surface area contributed by atoms with Crippen LogP contribution in [0.15, 0.2) is 81.7 Å². The zero-order valence-electron chi connectivity index (χ0n) is 13.2. The normalized spacial score (nSPS) is 12.0. The Morgan fingerprint density at radius 3 is 2.12 bits per heavy atom. The molecule has 0 spiro atoms. The van der Waals surface area contributed by atoms with Gasteiger partial charge in [-0.2, -0.15) is 0 Å². The van der Waals surface area contributed by atoms with Crippen LogP contribution >= 0.6 is 31.9 Å². The van der Waals surface area contributed by atoms with E-state index in [0.29, 0.717) is 0 Å². The van der Waals surface area contributed by atoms with Gasteiger partial charge in [-0.25, -0.2) is 0 Å². The van der Waals surface area contributed by atoms with E-state index in [9.17, 15) is 4.79 Å². The van der Waals surface area contributed by atoms with Crippen LogP contribution in [0.3, 0.4) is 0 Å². The van der Waals surface area contributed by atoms with E-state index in [0.717, 1.165) is 31.2 Å². The topological polar surface area (TPSA) is 17.1 Å². The van der Waals surface area contributed by atoms with Crippen LogP contribution in [0.2, 0.25) is 0 Å². The molecule has 0 heterocycles. The minimum absolute atomic E-state index is 0.132. The molecule has 1 atom stereocenters. The largest absolute Gasteiger partial charge is 0.294 e. The fourth-order valence-electron chi connectivity index (χ4n) is 2.78. The monoisotopic (exact) mass is 442 g/mol. The summed E-state index contributed by atoms with van der Waals surface area (Å²) in [7, 11) is 0. The quantitative estimate of drug-likeness (QED) is 0.402. The summed E-state index contributed by atoms with van der Waals surface area (Å²) in [6, 6.07) is 23.8. The van der Waals surface area contributed by atoms with Gasteiger partial charge in [-0.15, -0.1) is 0 Å². The number of Topliss-reactive ketones (excluding diaryl/α,β-unsaturated/α-hetero) is 1. The van der Waals surface area contributed by atoms with Crippen LogP contribution in [0.5, 0.6) is 0 Å². The third-order valence-corrected chi connectivity index (χ3v) is 5.11. The molecule has 3 heteroatoms. The molecule has 0 bridgehead atoms. The van der Waals surface area contributed by atoms with Crippen LogP contribution in [-0.4, -0.2) is 5.78 Å². The minimum atomic E-state index is -0.219. The van der Waals surface area contributed by atoms with Crippen LogP contribution in [0, 0.1) is 0 Å². The Morgan fingerprint density at radius 2 is 1.46 bits per heavy atom. The van der Waals surface area contributed by atoms with Crippen molar-refractivity contribution in [2.75, 3.05) is 0 Å². The van der Waals surface area contributed by atoms with Crippen molar-refractivity contribution in [1.29, 1.82) is 0 Å². The van der Waals surface area contributed by atoms with E-state index >= 15 is 0 Å². The lowest BCUT2D eigenvalue weighted by Crippen LogP contribution is -2.10. The number of halogens is 2. The van der Waals surface area contributed by atoms with E-state index in [-0.39, 0.29) is 11.7 Å². The van der Waals surface area contributed by atoms with Gasteiger partial charge in [0.05, 0.1) is 0 Å². The molecule has 24 heavy (non-hydrogen) atoms. The van der Waals surface area contributed by atoms with E-state index < -0.39 is 0 Å². The van der Waals surface area contributed by atoms with Gasteiger partial charge in [-0.05, 0) is 41.0 Å². The van der Waals surface area contributed by atoms with Crippen molar-refractivity contribution in [3.63, 3.8) is 0 Å². The predicted molar refractivity (Wildman–Crippen MR) is 106 cm³/mol. The van der Waals surface area contributed by atoms with Gasteiger partial charge < -0.3 is 0 Å². The summed E-state index contributed by atoms with van der Waals surface area (Å²) in [5.74, 6) is -0.0874. The number of hydrogen-bond donors (Lipinski definition) is 0. The molecule has 0 saturated carbocycles. The Kier molecular flexibility index (Phi) is 5.32. The van der Waals surface area contributed by atoms with Crippen LogP contribution in [0.25, 0.3) is 11.1 Å². The molecule has 0 amide bonds. The fourth-order valence-corrected chi connectivity index (χ4v) is 3.42. The Bertz CT molecular complexity index is 855. The molecule has 120 valence electrons. The first kappa shape index (κ1) is 17.1. The van der Waals surface area contributed by atoms with Gasteiger partial charge in [0.2, 0.25) is 0 Å². The molecular formula is C21H16Br2O. The average molecular weight is 444 g/mol. The van der Waals surface area contributed by atoms with Crippen LogP contribution in [-0.2, 0) is 0 Å². The zero-order valence-corrected chi connectivity index (χ0v) is 16.3. The molecule has 0 aliphatic carbocycles. The van der Waals surface area contributed by atoms with Gasteiger partial charge in [0.15, 0.2) is 5.78 Å². The summed E-state index contributed by atoms with van der Waals surface area (Å²) >= 11 is 7.00. The second-order valence-corrected chi connectivity index (χ2v) is 7.52. The molecule has 0 unspecified atom stereocenters. The van der Waals surface area contributed by atoms with Gasteiger partial charge in [0.25, 0.3) is 0 Å². The van der Waals surface area contributed by atoms with Crippen LogP contribution in [0.1, 0.15) is 28.8 Å². The number of ketones is 1. The molecule has 0 aliphatic heterocycles. The molecule has 3 rings (SSSR count). The summed E-state index contributed by atoms with van der Waals surface area (Å²) in [6.45, 7) is 1.97. The lowest BCUT2D eigenvalue weighted by Gasteiger charge is -2.17. The molecule has 0 N–H and O–H groups in total. The van der Waals surface area contributed by atoms with E-state index in [1.807, 2.05) is 61.5 Å². The molecule has 1 nitrogen and oxygen atoms in total. The summed E-state index contributed by atoms with van der Waals surface area (Å²) < 4.78 is 2.02. The number of rotatable bonds is 4. The first-order chi connectivity index (χ1) is 11.6. The maximum absolute atomic E-state index is 12.9. The summed E-state index contributed by atoms with van der Waals surface area (Å²) in [5.41, 5.74) is 3.96. The van der Waals surface area contributed by atoms with Crippen molar-refractivity contribution in [3.05, 3.63) is 92.9 Å².